The van der Waals surface area contributed by atoms with Crippen molar-refractivity contribution in [1.29, 1.82) is 0 Å². The predicted octanol–water partition coefficient (Wildman–Crippen LogP) is 3.97. The van der Waals surface area contributed by atoms with Crippen molar-refractivity contribution in [3.05, 3.63) is 29.8 Å². The molecule has 45 heavy (non-hydrogen) atoms. The summed E-state index contributed by atoms with van der Waals surface area (Å²) in [7, 11) is 1.31. The third kappa shape index (κ3) is 7.23. The molecule has 0 bridgehead atoms. The van der Waals surface area contributed by atoms with Crippen LogP contribution < -0.4 is 0 Å². The van der Waals surface area contributed by atoms with E-state index in [2.05, 4.69) is 20.3 Å². The Bertz CT molecular complexity index is 1350. The van der Waals surface area contributed by atoms with Crippen LogP contribution in [-0.2, 0) is 30.0 Å². The van der Waals surface area contributed by atoms with Gasteiger partial charge in [-0.05, 0) is 81.1 Å². The van der Waals surface area contributed by atoms with Gasteiger partial charge in [0.1, 0.15) is 12.1 Å². The average Bonchev–Trinajstić information content (AvgIpc) is 3.68. The van der Waals surface area contributed by atoms with Gasteiger partial charge in [0.15, 0.2) is 0 Å². The van der Waals surface area contributed by atoms with E-state index in [1.54, 1.807) is 13.8 Å². The lowest BCUT2D eigenvalue weighted by molar-refractivity contribution is -0.153. The number of rotatable bonds is 8. The van der Waals surface area contributed by atoms with E-state index in [1.807, 2.05) is 0 Å². The summed E-state index contributed by atoms with van der Waals surface area (Å²) in [6, 6.07) is 3.08. The molecule has 1 amide bonds. The summed E-state index contributed by atoms with van der Waals surface area (Å²) in [5.41, 5.74) is -0.357. The molecule has 12 nitrogen and oxygen atoms in total. The van der Waals surface area contributed by atoms with E-state index in [-0.39, 0.29) is 48.8 Å². The fraction of sp³-hybridized carbons (Fsp3) is 0.667. The molecule has 0 radical (unpaired) electrons. The van der Waals surface area contributed by atoms with Crippen molar-refractivity contribution < 1.29 is 41.8 Å². The Morgan fingerprint density at radius 3 is 2.24 bits per heavy atom. The number of alkyl halides is 3. The molecular weight excluding hydrogens is 597 g/mol. The zero-order chi connectivity index (χ0) is 32.3. The maximum absolute atomic E-state index is 13.0. The second-order valence-corrected chi connectivity index (χ2v) is 11.9. The second-order valence-electron chi connectivity index (χ2n) is 11.9. The number of aromatic nitrogens is 4. The summed E-state index contributed by atoms with van der Waals surface area (Å²) in [5, 5.41) is 12.7. The van der Waals surface area contributed by atoms with E-state index in [1.165, 1.54) is 28.9 Å². The molecule has 3 heterocycles. The van der Waals surface area contributed by atoms with Crippen molar-refractivity contribution in [2.75, 3.05) is 40.0 Å². The second kappa shape index (κ2) is 13.7. The normalized spacial score (nSPS) is 27.1. The number of hydrogen-bond donors (Lipinski definition) is 0. The molecule has 1 aliphatic carbocycles. The number of ether oxygens (including phenoxy) is 3. The van der Waals surface area contributed by atoms with Crippen LogP contribution in [0.15, 0.2) is 24.3 Å². The first-order valence-electron chi connectivity index (χ1n) is 15.4. The van der Waals surface area contributed by atoms with Crippen LogP contribution >= 0.6 is 0 Å². The highest BCUT2D eigenvalue weighted by Gasteiger charge is 2.46. The maximum Gasteiger partial charge on any atom is 0.416 e. The molecule has 0 spiro atoms. The zero-order valence-corrected chi connectivity index (χ0v) is 25.6. The van der Waals surface area contributed by atoms with Crippen LogP contribution in [0.4, 0.5) is 18.0 Å². The smallest absolute Gasteiger partial charge is 0.416 e. The van der Waals surface area contributed by atoms with Gasteiger partial charge in [-0.2, -0.15) is 18.0 Å². The molecule has 1 aromatic carbocycles. The number of nitrogens with zero attached hydrogens (tertiary/aromatic N) is 6. The van der Waals surface area contributed by atoms with Gasteiger partial charge in [0, 0.05) is 25.2 Å². The highest BCUT2D eigenvalue weighted by Crippen LogP contribution is 2.43. The number of carbonyl (C=O) groups excluding carboxylic acids is 3. The molecule has 2 aliphatic heterocycles. The largest absolute Gasteiger partial charge is 0.465 e. The summed E-state index contributed by atoms with van der Waals surface area (Å²) in [6.07, 6.45) is -1.46. The molecule has 6 unspecified atom stereocenters. The lowest BCUT2D eigenvalue weighted by Gasteiger charge is -2.46. The summed E-state index contributed by atoms with van der Waals surface area (Å²) in [6.45, 7) is 5.49. The maximum atomic E-state index is 13.0. The van der Waals surface area contributed by atoms with Crippen molar-refractivity contribution in [2.24, 2.45) is 17.8 Å². The van der Waals surface area contributed by atoms with Gasteiger partial charge >= 0.3 is 24.2 Å². The fourth-order valence-corrected chi connectivity index (χ4v) is 7.06. The van der Waals surface area contributed by atoms with Gasteiger partial charge in [-0.3, -0.25) is 14.6 Å². The Morgan fingerprint density at radius 1 is 0.911 bits per heavy atom. The van der Waals surface area contributed by atoms with Crippen LogP contribution in [0.5, 0.6) is 0 Å². The molecule has 1 aromatic heterocycles. The standard InChI is InChI=1S/C30H39F3N6O6/c1-4-44-27(40)24-14-23(39-35-26(34-36-39)19-8-10-22(11-9-19)30(31,32)33)17-37(24)15-18-6-7-20-16-38(29(42)43-3)25(13-21(20)12-18)28(41)45-5-2/h8-11,18,20-21,23-25H,4-7,12-17H2,1-3H3. The average molecular weight is 637 g/mol. The van der Waals surface area contributed by atoms with Crippen LogP contribution in [-0.4, -0.2) is 100 Å². The lowest BCUT2D eigenvalue weighted by Crippen LogP contribution is -2.55. The molecule has 0 N–H and O–H groups in total. The Morgan fingerprint density at radius 2 is 1.60 bits per heavy atom. The van der Waals surface area contributed by atoms with E-state index >= 15 is 0 Å². The molecule has 15 heteroatoms. The molecule has 2 aromatic rings. The lowest BCUT2D eigenvalue weighted by atomic mass is 9.69. The van der Waals surface area contributed by atoms with Crippen LogP contribution in [0.2, 0.25) is 0 Å². The highest BCUT2D eigenvalue weighted by molar-refractivity contribution is 5.81. The SMILES string of the molecule is CCOC(=O)C1CC(n2nnc(-c3ccc(C(F)(F)F)cc3)n2)CN1CC1CCC2CN(C(=O)OC)C(C(=O)OCC)CC2C1. The zero-order valence-electron chi connectivity index (χ0n) is 25.6. The third-order valence-electron chi connectivity index (χ3n) is 9.21. The van der Waals surface area contributed by atoms with Crippen LogP contribution in [0.3, 0.4) is 0 Å². The van der Waals surface area contributed by atoms with Gasteiger partial charge in [0.25, 0.3) is 0 Å². The van der Waals surface area contributed by atoms with Crippen molar-refractivity contribution in [3.63, 3.8) is 0 Å². The van der Waals surface area contributed by atoms with Gasteiger partial charge in [-0.15, -0.1) is 10.2 Å². The number of tetrazole rings is 1. The van der Waals surface area contributed by atoms with Gasteiger partial charge < -0.3 is 14.2 Å². The highest BCUT2D eigenvalue weighted by atomic mass is 19.4. The number of hydrogen-bond acceptors (Lipinski definition) is 10. The molecule has 246 valence electrons. The molecule has 3 fully saturated rings. The van der Waals surface area contributed by atoms with Crippen molar-refractivity contribution >= 4 is 18.0 Å². The number of fused-ring (bicyclic) bond motifs is 1. The number of carbonyl (C=O) groups is 3. The Kier molecular flexibility index (Phi) is 9.94. The quantitative estimate of drug-likeness (QED) is 0.310. The Balaban J connectivity index is 1.27. The number of halogens is 3. The van der Waals surface area contributed by atoms with Crippen LogP contribution in [0.25, 0.3) is 11.4 Å². The number of amides is 1. The first-order valence-corrected chi connectivity index (χ1v) is 15.4. The fourth-order valence-electron chi connectivity index (χ4n) is 7.06. The Labute approximate surface area is 259 Å². The van der Waals surface area contributed by atoms with E-state index in [0.717, 1.165) is 31.4 Å². The Hall–Kier alpha value is -3.75. The summed E-state index contributed by atoms with van der Waals surface area (Å²) in [5.74, 6) is 0.140. The minimum absolute atomic E-state index is 0.197. The van der Waals surface area contributed by atoms with E-state index < -0.39 is 35.9 Å². The summed E-state index contributed by atoms with van der Waals surface area (Å²) >= 11 is 0. The molecule has 1 saturated carbocycles. The number of piperidine rings is 1. The monoisotopic (exact) mass is 636 g/mol. The van der Waals surface area contributed by atoms with Gasteiger partial charge in [0.2, 0.25) is 5.82 Å². The molecule has 3 aliphatic rings. The minimum atomic E-state index is -4.44. The van der Waals surface area contributed by atoms with Gasteiger partial charge in [0.05, 0.1) is 31.9 Å². The van der Waals surface area contributed by atoms with Crippen molar-refractivity contribution in [1.82, 2.24) is 30.0 Å². The minimum Gasteiger partial charge on any atom is -0.465 e. The molecule has 6 atom stereocenters. The molecule has 2 saturated heterocycles. The molecular formula is C30H39F3N6O6. The molecule has 5 rings (SSSR count). The topological polar surface area (TPSA) is 129 Å². The van der Waals surface area contributed by atoms with Crippen molar-refractivity contribution in [3.8, 4) is 11.4 Å². The first-order chi connectivity index (χ1) is 21.5. The summed E-state index contributed by atoms with van der Waals surface area (Å²) in [4.78, 5) is 43.3. The number of benzene rings is 1. The number of esters is 2. The first kappa shape index (κ1) is 32.6. The predicted molar refractivity (Wildman–Crippen MR) is 152 cm³/mol. The van der Waals surface area contributed by atoms with Gasteiger partial charge in [-0.25, -0.2) is 9.59 Å². The van der Waals surface area contributed by atoms with E-state index in [9.17, 15) is 27.6 Å². The van der Waals surface area contributed by atoms with E-state index in [0.29, 0.717) is 38.0 Å². The summed E-state index contributed by atoms with van der Waals surface area (Å²) < 4.78 is 54.6. The van der Waals surface area contributed by atoms with Crippen LogP contribution in [0, 0.1) is 17.8 Å². The van der Waals surface area contributed by atoms with Crippen molar-refractivity contribution in [2.45, 2.75) is 70.3 Å². The third-order valence-corrected chi connectivity index (χ3v) is 9.21. The number of methoxy groups -OCH3 is 1. The van der Waals surface area contributed by atoms with Crippen LogP contribution in [0.1, 0.15) is 57.6 Å². The van der Waals surface area contributed by atoms with E-state index in [4.69, 9.17) is 14.2 Å². The van der Waals surface area contributed by atoms with Gasteiger partial charge in [-0.1, -0.05) is 12.1 Å². The number of likely N-dealkylation sites (tertiary alicyclic amines) is 2.